The molecule has 18 heavy (non-hydrogen) atoms. The number of rotatable bonds is 1. The summed E-state index contributed by atoms with van der Waals surface area (Å²) in [6.07, 6.45) is 1.26. The van der Waals surface area contributed by atoms with Gasteiger partial charge in [0.2, 0.25) is 0 Å². The van der Waals surface area contributed by atoms with Crippen LogP contribution in [0.3, 0.4) is 0 Å². The van der Waals surface area contributed by atoms with Crippen molar-refractivity contribution in [3.8, 4) is 0 Å². The van der Waals surface area contributed by atoms with Crippen molar-refractivity contribution in [2.75, 3.05) is 0 Å². The van der Waals surface area contributed by atoms with Gasteiger partial charge in [-0.25, -0.2) is 4.39 Å². The Hall–Kier alpha value is -1.38. The van der Waals surface area contributed by atoms with Gasteiger partial charge in [0.15, 0.2) is 0 Å². The second-order valence-corrected chi connectivity index (χ2v) is 5.11. The van der Waals surface area contributed by atoms with Gasteiger partial charge in [-0.05, 0) is 53.8 Å². The van der Waals surface area contributed by atoms with Gasteiger partial charge in [-0.1, -0.05) is 29.8 Å². The molecule has 1 aliphatic rings. The second-order valence-electron chi connectivity index (χ2n) is 4.67. The summed E-state index contributed by atoms with van der Waals surface area (Å²) in [5.74, 6) is -0.255. The van der Waals surface area contributed by atoms with Gasteiger partial charge in [0.25, 0.3) is 0 Å². The maximum atomic E-state index is 13.2. The van der Waals surface area contributed by atoms with Crippen LogP contribution in [0.1, 0.15) is 23.1 Å². The molecule has 0 spiro atoms. The molecule has 0 radical (unpaired) electrons. The number of benzene rings is 2. The summed E-state index contributed by atoms with van der Waals surface area (Å²) in [4.78, 5) is 0. The first-order valence-corrected chi connectivity index (χ1v) is 6.25. The number of hydrogen-bond acceptors (Lipinski definition) is 1. The summed E-state index contributed by atoms with van der Waals surface area (Å²) in [7, 11) is 0. The Morgan fingerprint density at radius 1 is 1.11 bits per heavy atom. The Bertz CT molecular complexity index is 594. The summed E-state index contributed by atoms with van der Waals surface area (Å²) in [6, 6.07) is 11.7. The summed E-state index contributed by atoms with van der Waals surface area (Å²) < 4.78 is 13.2. The zero-order chi connectivity index (χ0) is 12.8. The van der Waals surface area contributed by atoms with Crippen LogP contribution >= 0.6 is 11.6 Å². The molecule has 0 saturated carbocycles. The number of hydrogen-bond donors (Lipinski definition) is 1. The molecule has 0 fully saturated rings. The van der Waals surface area contributed by atoms with Crippen molar-refractivity contribution in [1.82, 2.24) is 0 Å². The van der Waals surface area contributed by atoms with Crippen molar-refractivity contribution in [2.24, 2.45) is 0 Å². The number of halogens is 2. The van der Waals surface area contributed by atoms with Gasteiger partial charge in [-0.15, -0.1) is 0 Å². The molecule has 2 aromatic carbocycles. The average Bonchev–Trinajstić information content (AvgIpc) is 2.68. The van der Waals surface area contributed by atoms with Gasteiger partial charge in [0.05, 0.1) is 0 Å². The van der Waals surface area contributed by atoms with Crippen molar-refractivity contribution in [3.63, 3.8) is 0 Å². The smallest absolute Gasteiger partial charge is 0.123 e. The summed E-state index contributed by atoms with van der Waals surface area (Å²) >= 11 is 5.85. The van der Waals surface area contributed by atoms with Crippen molar-refractivity contribution in [1.29, 1.82) is 0 Å². The van der Waals surface area contributed by atoms with E-state index in [1.807, 2.05) is 12.1 Å². The first-order valence-electron chi connectivity index (χ1n) is 5.87. The molecule has 0 aromatic heterocycles. The largest absolute Gasteiger partial charge is 0.380 e. The van der Waals surface area contributed by atoms with Gasteiger partial charge < -0.3 is 5.11 Å². The predicted molar refractivity (Wildman–Crippen MR) is 69.2 cm³/mol. The zero-order valence-electron chi connectivity index (χ0n) is 9.66. The molecule has 92 valence electrons. The number of aliphatic hydroxyl groups is 1. The van der Waals surface area contributed by atoms with Crippen LogP contribution in [-0.4, -0.2) is 5.11 Å². The predicted octanol–water partition coefficient (Wildman–Crippen LogP) is 3.66. The summed E-state index contributed by atoms with van der Waals surface area (Å²) in [6.45, 7) is 0. The van der Waals surface area contributed by atoms with Gasteiger partial charge in [-0.2, -0.15) is 0 Å². The molecule has 0 amide bonds. The van der Waals surface area contributed by atoms with E-state index in [4.69, 9.17) is 11.6 Å². The SMILES string of the molecule is OC1(c2ccc(Cl)cc2)CCc2cc(F)ccc21. The minimum atomic E-state index is -1.02. The first-order chi connectivity index (χ1) is 8.59. The molecule has 3 heteroatoms. The molecular weight excluding hydrogens is 251 g/mol. The minimum absolute atomic E-state index is 0.255. The van der Waals surface area contributed by atoms with E-state index >= 15 is 0 Å². The third-order valence-corrected chi connectivity index (χ3v) is 3.84. The standard InChI is InChI=1S/C15H12ClFO/c16-12-3-1-11(2-4-12)15(18)8-7-10-9-13(17)5-6-14(10)15/h1-6,9,18H,7-8H2. The second kappa shape index (κ2) is 4.08. The molecule has 1 nitrogen and oxygen atoms in total. The maximum absolute atomic E-state index is 13.2. The van der Waals surface area contributed by atoms with Crippen LogP contribution < -0.4 is 0 Å². The van der Waals surface area contributed by atoms with E-state index in [0.29, 0.717) is 17.9 Å². The van der Waals surface area contributed by atoms with Crippen LogP contribution in [0, 0.1) is 5.82 Å². The fraction of sp³-hybridized carbons (Fsp3) is 0.200. The van der Waals surface area contributed by atoms with E-state index in [9.17, 15) is 9.50 Å². The van der Waals surface area contributed by atoms with Crippen LogP contribution in [0.5, 0.6) is 0 Å². The zero-order valence-corrected chi connectivity index (χ0v) is 10.4. The Kier molecular flexibility index (Phi) is 2.65. The fourth-order valence-electron chi connectivity index (χ4n) is 2.65. The Morgan fingerprint density at radius 3 is 2.56 bits per heavy atom. The molecule has 0 heterocycles. The molecule has 1 atom stereocenters. The molecule has 0 bridgehead atoms. The van der Waals surface area contributed by atoms with E-state index in [1.165, 1.54) is 12.1 Å². The van der Waals surface area contributed by atoms with Crippen LogP contribution in [0.4, 0.5) is 4.39 Å². The van der Waals surface area contributed by atoms with Crippen LogP contribution in [-0.2, 0) is 12.0 Å². The Balaban J connectivity index is 2.11. The summed E-state index contributed by atoms with van der Waals surface area (Å²) in [5, 5.41) is 11.5. The summed E-state index contributed by atoms with van der Waals surface area (Å²) in [5.41, 5.74) is 1.46. The lowest BCUT2D eigenvalue weighted by molar-refractivity contribution is 0.0829. The van der Waals surface area contributed by atoms with Crippen molar-refractivity contribution in [2.45, 2.75) is 18.4 Å². The average molecular weight is 263 g/mol. The highest BCUT2D eigenvalue weighted by Crippen LogP contribution is 2.42. The maximum Gasteiger partial charge on any atom is 0.123 e. The number of fused-ring (bicyclic) bond motifs is 1. The van der Waals surface area contributed by atoms with Crippen molar-refractivity contribution in [3.05, 3.63) is 70.0 Å². The molecule has 0 aliphatic heterocycles. The highest BCUT2D eigenvalue weighted by molar-refractivity contribution is 6.30. The molecule has 1 aliphatic carbocycles. The van der Waals surface area contributed by atoms with Crippen molar-refractivity contribution < 1.29 is 9.50 Å². The lowest BCUT2D eigenvalue weighted by Crippen LogP contribution is -2.23. The van der Waals surface area contributed by atoms with Crippen LogP contribution in [0.25, 0.3) is 0 Å². The first kappa shape index (κ1) is 11.7. The molecular formula is C15H12ClFO. The number of aryl methyl sites for hydroxylation is 1. The van der Waals surface area contributed by atoms with Gasteiger partial charge in [0, 0.05) is 5.02 Å². The quantitative estimate of drug-likeness (QED) is 0.832. The topological polar surface area (TPSA) is 20.2 Å². The Morgan fingerprint density at radius 2 is 1.83 bits per heavy atom. The Labute approximate surface area is 110 Å². The molecule has 1 unspecified atom stereocenters. The molecule has 3 rings (SSSR count). The van der Waals surface area contributed by atoms with E-state index in [1.54, 1.807) is 18.2 Å². The van der Waals surface area contributed by atoms with Gasteiger partial charge in [-0.3, -0.25) is 0 Å². The monoisotopic (exact) mass is 262 g/mol. The highest BCUT2D eigenvalue weighted by atomic mass is 35.5. The van der Waals surface area contributed by atoms with Crippen LogP contribution in [0.2, 0.25) is 5.02 Å². The molecule has 0 saturated heterocycles. The highest BCUT2D eigenvalue weighted by Gasteiger charge is 2.38. The van der Waals surface area contributed by atoms with E-state index in [0.717, 1.165) is 16.7 Å². The third-order valence-electron chi connectivity index (χ3n) is 3.59. The fourth-order valence-corrected chi connectivity index (χ4v) is 2.77. The molecule has 2 aromatic rings. The lowest BCUT2D eigenvalue weighted by Gasteiger charge is -2.24. The van der Waals surface area contributed by atoms with Gasteiger partial charge >= 0.3 is 0 Å². The van der Waals surface area contributed by atoms with E-state index in [2.05, 4.69) is 0 Å². The van der Waals surface area contributed by atoms with E-state index in [-0.39, 0.29) is 5.82 Å². The normalized spacial score (nSPS) is 21.9. The van der Waals surface area contributed by atoms with Gasteiger partial charge in [0.1, 0.15) is 11.4 Å². The van der Waals surface area contributed by atoms with Crippen LogP contribution in [0.15, 0.2) is 42.5 Å². The lowest BCUT2D eigenvalue weighted by atomic mass is 9.88. The third kappa shape index (κ3) is 1.73. The van der Waals surface area contributed by atoms with Crippen molar-refractivity contribution >= 4 is 11.6 Å². The molecule has 1 N–H and O–H groups in total. The minimum Gasteiger partial charge on any atom is -0.380 e. The van der Waals surface area contributed by atoms with E-state index < -0.39 is 5.60 Å².